The zero-order valence-corrected chi connectivity index (χ0v) is 17.5. The van der Waals surface area contributed by atoms with Gasteiger partial charge in [0, 0.05) is 5.56 Å². The third-order valence-electron chi connectivity index (χ3n) is 5.16. The molecule has 0 aliphatic carbocycles. The number of hydrogen-bond acceptors (Lipinski definition) is 1. The summed E-state index contributed by atoms with van der Waals surface area (Å²) >= 11 is 0. The van der Waals surface area contributed by atoms with E-state index in [1.165, 1.54) is 5.56 Å². The van der Waals surface area contributed by atoms with E-state index in [4.69, 9.17) is 0 Å². The number of unbranched alkanes of at least 4 members (excludes halogenated alkanes) is 1. The van der Waals surface area contributed by atoms with Crippen LogP contribution in [0, 0.1) is 5.82 Å². The van der Waals surface area contributed by atoms with Crippen LogP contribution >= 0.6 is 0 Å². The van der Waals surface area contributed by atoms with Gasteiger partial charge in [0.15, 0.2) is 0 Å². The van der Waals surface area contributed by atoms with Gasteiger partial charge < -0.3 is 5.11 Å². The van der Waals surface area contributed by atoms with E-state index in [-0.39, 0.29) is 11.9 Å². The van der Waals surface area contributed by atoms with Crippen molar-refractivity contribution in [2.45, 2.75) is 38.7 Å². The third-order valence-corrected chi connectivity index (χ3v) is 5.16. The summed E-state index contributed by atoms with van der Waals surface area (Å²) in [6, 6.07) is 21.5. The van der Waals surface area contributed by atoms with Gasteiger partial charge in [0.25, 0.3) is 0 Å². The monoisotopic (exact) mass is 400 g/mol. The average Bonchev–Trinajstić information content (AvgIpc) is 2.75. The second-order valence-electron chi connectivity index (χ2n) is 7.69. The lowest BCUT2D eigenvalue weighted by Crippen LogP contribution is -1.97. The first kappa shape index (κ1) is 21.7. The Balaban J connectivity index is 1.69. The molecule has 0 saturated carbocycles. The standard InChI is InChI=1S/C28H29FO/c1-3-7-22-10-14-24(15-11-22)26-18-19-27(28(29)20-26)25-16-12-23(13-17-25)9-6-4-5-8-21(2)30/h3,6,9-21,30H,1,4-5,7-8H2,2H3/b9-6+. The van der Waals surface area contributed by atoms with E-state index in [0.717, 1.165) is 47.9 Å². The quantitative estimate of drug-likeness (QED) is 0.292. The van der Waals surface area contributed by atoms with Crippen LogP contribution in [0.2, 0.25) is 0 Å². The van der Waals surface area contributed by atoms with Crippen LogP contribution in [0.4, 0.5) is 4.39 Å². The molecular formula is C28H29FO. The molecule has 1 atom stereocenters. The van der Waals surface area contributed by atoms with Gasteiger partial charge in [-0.15, -0.1) is 6.58 Å². The molecule has 0 spiro atoms. The Labute approximate surface area is 179 Å². The summed E-state index contributed by atoms with van der Waals surface area (Å²) in [5.74, 6) is -0.218. The van der Waals surface area contributed by atoms with Gasteiger partial charge in [0.2, 0.25) is 0 Å². The van der Waals surface area contributed by atoms with Crippen LogP contribution in [-0.2, 0) is 6.42 Å². The zero-order chi connectivity index (χ0) is 21.3. The first-order valence-corrected chi connectivity index (χ1v) is 10.5. The minimum absolute atomic E-state index is 0.218. The summed E-state index contributed by atoms with van der Waals surface area (Å²) in [5, 5.41) is 9.28. The maximum atomic E-state index is 14.8. The van der Waals surface area contributed by atoms with Gasteiger partial charge in [-0.1, -0.05) is 78.9 Å². The fourth-order valence-corrected chi connectivity index (χ4v) is 3.45. The molecule has 0 radical (unpaired) electrons. The highest BCUT2D eigenvalue weighted by atomic mass is 19.1. The molecule has 0 aliphatic heterocycles. The van der Waals surface area contributed by atoms with Crippen LogP contribution in [0.25, 0.3) is 28.3 Å². The van der Waals surface area contributed by atoms with Crippen molar-refractivity contribution in [3.8, 4) is 22.3 Å². The number of benzene rings is 3. The van der Waals surface area contributed by atoms with Crippen LogP contribution in [0.3, 0.4) is 0 Å². The highest BCUT2D eigenvalue weighted by molar-refractivity contribution is 5.72. The number of halogens is 1. The number of hydrogen-bond donors (Lipinski definition) is 1. The Kier molecular flexibility index (Phi) is 7.75. The van der Waals surface area contributed by atoms with Crippen molar-refractivity contribution >= 4 is 6.08 Å². The Bertz CT molecular complexity index is 982. The molecule has 30 heavy (non-hydrogen) atoms. The van der Waals surface area contributed by atoms with Gasteiger partial charge in [0.1, 0.15) is 5.82 Å². The summed E-state index contributed by atoms with van der Waals surface area (Å²) in [6.07, 6.45) is 9.39. The topological polar surface area (TPSA) is 20.2 Å². The number of allylic oxidation sites excluding steroid dienone is 2. The second-order valence-corrected chi connectivity index (χ2v) is 7.69. The molecule has 154 valence electrons. The molecule has 2 heteroatoms. The lowest BCUT2D eigenvalue weighted by Gasteiger charge is -2.08. The second kappa shape index (κ2) is 10.7. The van der Waals surface area contributed by atoms with Gasteiger partial charge in [-0.05, 0) is 66.5 Å². The lowest BCUT2D eigenvalue weighted by atomic mass is 9.98. The Morgan fingerprint density at radius 3 is 2.23 bits per heavy atom. The van der Waals surface area contributed by atoms with Crippen LogP contribution < -0.4 is 0 Å². The molecule has 0 fully saturated rings. The molecule has 0 heterocycles. The van der Waals surface area contributed by atoms with E-state index in [1.807, 2.05) is 61.5 Å². The Hall–Kier alpha value is -2.97. The van der Waals surface area contributed by atoms with Crippen LogP contribution in [0.5, 0.6) is 0 Å². The van der Waals surface area contributed by atoms with Crippen molar-refractivity contribution in [1.82, 2.24) is 0 Å². The van der Waals surface area contributed by atoms with E-state index in [1.54, 1.807) is 6.07 Å². The lowest BCUT2D eigenvalue weighted by molar-refractivity contribution is 0.182. The first-order chi connectivity index (χ1) is 14.6. The minimum atomic E-state index is -0.240. The molecule has 0 aliphatic rings. The van der Waals surface area contributed by atoms with Crippen molar-refractivity contribution in [1.29, 1.82) is 0 Å². The molecular weight excluding hydrogens is 371 g/mol. The van der Waals surface area contributed by atoms with E-state index in [2.05, 4.69) is 30.9 Å². The van der Waals surface area contributed by atoms with Crippen molar-refractivity contribution in [3.63, 3.8) is 0 Å². The van der Waals surface area contributed by atoms with Crippen LogP contribution in [0.1, 0.15) is 37.3 Å². The normalized spacial score (nSPS) is 12.2. The molecule has 0 saturated heterocycles. The maximum Gasteiger partial charge on any atom is 0.131 e. The van der Waals surface area contributed by atoms with Crippen LogP contribution in [0.15, 0.2) is 85.5 Å². The third kappa shape index (κ3) is 6.01. The Morgan fingerprint density at radius 2 is 1.60 bits per heavy atom. The number of rotatable bonds is 9. The van der Waals surface area contributed by atoms with Crippen molar-refractivity contribution in [3.05, 3.63) is 102 Å². The molecule has 0 aromatic heterocycles. The molecule has 3 rings (SSSR count). The molecule has 1 unspecified atom stereocenters. The van der Waals surface area contributed by atoms with Gasteiger partial charge in [0.05, 0.1) is 6.10 Å². The minimum Gasteiger partial charge on any atom is -0.393 e. The van der Waals surface area contributed by atoms with Crippen molar-refractivity contribution in [2.24, 2.45) is 0 Å². The maximum absolute atomic E-state index is 14.8. The van der Waals surface area contributed by atoms with Gasteiger partial charge in [-0.25, -0.2) is 4.39 Å². The SMILES string of the molecule is C=CCc1ccc(-c2ccc(-c3ccc(/C=C/CCCC(C)O)cc3)c(F)c2)cc1. The smallest absolute Gasteiger partial charge is 0.131 e. The predicted octanol–water partition coefficient (Wildman–Crippen LogP) is 7.45. The number of aliphatic hydroxyl groups is 1. The van der Waals surface area contributed by atoms with Crippen molar-refractivity contribution in [2.75, 3.05) is 0 Å². The fraction of sp³-hybridized carbons (Fsp3) is 0.214. The first-order valence-electron chi connectivity index (χ1n) is 10.5. The predicted molar refractivity (Wildman–Crippen MR) is 126 cm³/mol. The van der Waals surface area contributed by atoms with Gasteiger partial charge in [-0.3, -0.25) is 0 Å². The van der Waals surface area contributed by atoms with Gasteiger partial charge >= 0.3 is 0 Å². The molecule has 0 bridgehead atoms. The summed E-state index contributed by atoms with van der Waals surface area (Å²) in [7, 11) is 0. The van der Waals surface area contributed by atoms with Crippen molar-refractivity contribution < 1.29 is 9.50 Å². The summed E-state index contributed by atoms with van der Waals surface area (Å²) in [6.45, 7) is 5.57. The highest BCUT2D eigenvalue weighted by Crippen LogP contribution is 2.28. The summed E-state index contributed by atoms with van der Waals surface area (Å²) < 4.78 is 14.8. The average molecular weight is 401 g/mol. The van der Waals surface area contributed by atoms with Crippen LogP contribution in [-0.4, -0.2) is 11.2 Å². The van der Waals surface area contributed by atoms with E-state index in [9.17, 15) is 9.50 Å². The molecule has 3 aromatic rings. The highest BCUT2D eigenvalue weighted by Gasteiger charge is 2.07. The summed E-state index contributed by atoms with van der Waals surface area (Å²) in [5.41, 5.74) is 5.64. The fourth-order valence-electron chi connectivity index (χ4n) is 3.45. The number of aliphatic hydroxyl groups excluding tert-OH is 1. The van der Waals surface area contributed by atoms with E-state index < -0.39 is 0 Å². The molecule has 1 N–H and O–H groups in total. The summed E-state index contributed by atoms with van der Waals surface area (Å²) in [4.78, 5) is 0. The molecule has 3 aromatic carbocycles. The molecule has 0 amide bonds. The molecule has 1 nitrogen and oxygen atoms in total. The largest absolute Gasteiger partial charge is 0.393 e. The van der Waals surface area contributed by atoms with E-state index >= 15 is 0 Å². The van der Waals surface area contributed by atoms with E-state index in [0.29, 0.717) is 5.56 Å². The zero-order valence-electron chi connectivity index (χ0n) is 17.5. The van der Waals surface area contributed by atoms with Gasteiger partial charge in [-0.2, -0.15) is 0 Å². The Morgan fingerprint density at radius 1 is 0.933 bits per heavy atom.